The molecule has 5 nitrogen and oxygen atoms in total. The third kappa shape index (κ3) is 14.1. The fourth-order valence-corrected chi connectivity index (χ4v) is 7.26. The van der Waals surface area contributed by atoms with Crippen molar-refractivity contribution >= 4 is 25.7 Å². The molecule has 0 aromatic heterocycles. The molecule has 1 atom stereocenters. The zero-order valence-electron chi connectivity index (χ0n) is 18.9. The molecule has 0 aliphatic carbocycles. The van der Waals surface area contributed by atoms with Crippen molar-refractivity contribution in [3.63, 3.8) is 0 Å². The zero-order chi connectivity index (χ0) is 21.1. The number of hydrogen-bond acceptors (Lipinski definition) is 6. The molecule has 7 heteroatoms. The van der Waals surface area contributed by atoms with Gasteiger partial charge < -0.3 is 18.0 Å². The lowest BCUT2D eigenvalue weighted by Crippen LogP contribution is -2.46. The molecule has 28 heavy (non-hydrogen) atoms. The Hall–Kier alpha value is 0.0769. The van der Waals surface area contributed by atoms with E-state index in [9.17, 15) is 4.79 Å². The molecule has 0 amide bonds. The van der Waals surface area contributed by atoms with Gasteiger partial charge in [-0.25, -0.2) is 0 Å². The number of methoxy groups -OCH3 is 1. The Bertz CT molecular complexity index is 354. The van der Waals surface area contributed by atoms with E-state index < -0.39 is 8.80 Å². The zero-order valence-corrected chi connectivity index (χ0v) is 20.7. The van der Waals surface area contributed by atoms with Gasteiger partial charge in [-0.05, 0) is 33.6 Å². The number of thioether (sulfide) groups is 1. The predicted octanol–water partition coefficient (Wildman–Crippen LogP) is 5.84. The van der Waals surface area contributed by atoms with Crippen LogP contribution in [0.3, 0.4) is 0 Å². The van der Waals surface area contributed by atoms with Crippen molar-refractivity contribution in [1.82, 2.24) is 0 Å². The van der Waals surface area contributed by atoms with Gasteiger partial charge in [-0.15, -0.1) is 0 Å². The van der Waals surface area contributed by atoms with Crippen molar-refractivity contribution in [3.8, 4) is 0 Å². The highest BCUT2D eigenvalue weighted by Crippen LogP contribution is 2.28. The van der Waals surface area contributed by atoms with Gasteiger partial charge in [0.15, 0.2) is 0 Å². The minimum Gasteiger partial charge on any atom is -0.376 e. The van der Waals surface area contributed by atoms with Gasteiger partial charge in [-0.3, -0.25) is 4.79 Å². The van der Waals surface area contributed by atoms with Crippen LogP contribution < -0.4 is 0 Å². The molecule has 0 bridgehead atoms. The molecule has 0 fully saturated rings. The monoisotopic (exact) mass is 436 g/mol. The van der Waals surface area contributed by atoms with Crippen molar-refractivity contribution in [2.45, 2.75) is 96.8 Å². The maximum absolute atomic E-state index is 12.1. The molecule has 0 saturated carbocycles. The number of unbranched alkanes of at least 4 members (excludes halogenated alkanes) is 6. The molecular weight excluding hydrogens is 392 g/mol. The summed E-state index contributed by atoms with van der Waals surface area (Å²) in [6.45, 7) is 10.1. The van der Waals surface area contributed by atoms with Gasteiger partial charge in [0.25, 0.3) is 0 Å². The van der Waals surface area contributed by atoms with Crippen LogP contribution in [0.5, 0.6) is 0 Å². The highest BCUT2D eigenvalue weighted by Gasteiger charge is 2.40. The fraction of sp³-hybridized carbons (Fsp3) is 0.952. The lowest BCUT2D eigenvalue weighted by molar-refractivity contribution is -0.114. The van der Waals surface area contributed by atoms with Crippen LogP contribution in [0.25, 0.3) is 0 Å². The molecule has 0 aliphatic heterocycles. The maximum Gasteiger partial charge on any atom is 0.500 e. The Kier molecular flexibility index (Phi) is 19.1. The Morgan fingerprint density at radius 2 is 1.36 bits per heavy atom. The first-order valence-corrected chi connectivity index (χ1v) is 14.0. The summed E-state index contributed by atoms with van der Waals surface area (Å²) in [6.07, 6.45) is 10.9. The Morgan fingerprint density at radius 3 is 1.86 bits per heavy atom. The van der Waals surface area contributed by atoms with E-state index in [0.29, 0.717) is 19.8 Å². The largest absolute Gasteiger partial charge is 0.500 e. The van der Waals surface area contributed by atoms with Crippen LogP contribution in [0.1, 0.15) is 85.5 Å². The highest BCUT2D eigenvalue weighted by atomic mass is 32.2. The SMILES string of the molecule is CCCCCCCCCC(CC[Si](OCC)(OCC)OCC)SC(=O)COC. The summed E-state index contributed by atoms with van der Waals surface area (Å²) in [5, 5.41) is 0.374. The summed E-state index contributed by atoms with van der Waals surface area (Å²) in [5.74, 6) is 0. The summed E-state index contributed by atoms with van der Waals surface area (Å²) in [6, 6.07) is 0.761. The molecule has 0 aromatic carbocycles. The summed E-state index contributed by atoms with van der Waals surface area (Å²) in [7, 11) is -1.08. The standard InChI is InChI=1S/C21H44O5SSi/c1-6-10-11-12-13-14-15-16-20(27-21(22)19-23-5)17-18-28(24-7-2,25-8-3)26-9-4/h20H,6-19H2,1-5H3. The molecule has 0 heterocycles. The van der Waals surface area contributed by atoms with Gasteiger partial charge >= 0.3 is 8.80 Å². The minimum atomic E-state index is -2.65. The summed E-state index contributed by atoms with van der Waals surface area (Å²) in [4.78, 5) is 12.1. The van der Waals surface area contributed by atoms with Crippen molar-refractivity contribution in [2.24, 2.45) is 0 Å². The number of hydrogen-bond donors (Lipinski definition) is 0. The molecule has 0 aliphatic rings. The number of carbonyl (C=O) groups is 1. The quantitative estimate of drug-likeness (QED) is 0.176. The number of carbonyl (C=O) groups excluding carboxylic acids is 1. The van der Waals surface area contributed by atoms with Crippen LogP contribution in [0, 0.1) is 0 Å². The first-order valence-electron chi connectivity index (χ1n) is 11.2. The van der Waals surface area contributed by atoms with E-state index in [-0.39, 0.29) is 17.0 Å². The van der Waals surface area contributed by atoms with E-state index in [2.05, 4.69) is 6.92 Å². The van der Waals surface area contributed by atoms with Gasteiger partial charge in [-0.2, -0.15) is 0 Å². The van der Waals surface area contributed by atoms with E-state index in [4.69, 9.17) is 18.0 Å². The smallest absolute Gasteiger partial charge is 0.376 e. The summed E-state index contributed by atoms with van der Waals surface area (Å²) >= 11 is 1.43. The Morgan fingerprint density at radius 1 is 0.821 bits per heavy atom. The second kappa shape index (κ2) is 19.1. The Balaban J connectivity index is 4.64. The molecule has 1 unspecified atom stereocenters. The summed E-state index contributed by atoms with van der Waals surface area (Å²) < 4.78 is 22.9. The minimum absolute atomic E-state index is 0.104. The first kappa shape index (κ1) is 28.1. The molecule has 168 valence electrons. The molecule has 0 rings (SSSR count). The van der Waals surface area contributed by atoms with Crippen molar-refractivity contribution in [1.29, 1.82) is 0 Å². The first-order chi connectivity index (χ1) is 13.6. The van der Waals surface area contributed by atoms with Crippen molar-refractivity contribution < 1.29 is 22.8 Å². The van der Waals surface area contributed by atoms with Crippen molar-refractivity contribution in [2.75, 3.05) is 33.5 Å². The lowest BCUT2D eigenvalue weighted by Gasteiger charge is -2.29. The second-order valence-electron chi connectivity index (χ2n) is 6.98. The fourth-order valence-electron chi connectivity index (χ4n) is 3.27. The second-order valence-corrected chi connectivity index (χ2v) is 11.1. The van der Waals surface area contributed by atoms with E-state index in [1.807, 2.05) is 20.8 Å². The van der Waals surface area contributed by atoms with E-state index in [0.717, 1.165) is 25.3 Å². The van der Waals surface area contributed by atoms with Crippen LogP contribution in [0.15, 0.2) is 0 Å². The highest BCUT2D eigenvalue weighted by molar-refractivity contribution is 8.14. The molecule has 0 N–H and O–H groups in total. The Labute approximate surface area is 179 Å². The third-order valence-electron chi connectivity index (χ3n) is 4.56. The van der Waals surface area contributed by atoms with Crippen molar-refractivity contribution in [3.05, 3.63) is 0 Å². The molecule has 0 spiro atoms. The van der Waals surface area contributed by atoms with E-state index in [1.54, 1.807) is 7.11 Å². The maximum atomic E-state index is 12.1. The molecule has 0 radical (unpaired) electrons. The normalized spacial score (nSPS) is 13.0. The van der Waals surface area contributed by atoms with Crippen LogP contribution in [0.2, 0.25) is 6.04 Å². The number of ether oxygens (including phenoxy) is 1. The average molecular weight is 437 g/mol. The van der Waals surface area contributed by atoms with Gasteiger partial charge in [-0.1, -0.05) is 63.6 Å². The van der Waals surface area contributed by atoms with E-state index in [1.165, 1.54) is 50.3 Å². The van der Waals surface area contributed by atoms with Crippen LogP contribution >= 0.6 is 11.8 Å². The topological polar surface area (TPSA) is 54.0 Å². The van der Waals surface area contributed by atoms with Crippen LogP contribution in [-0.2, 0) is 22.8 Å². The molecular formula is C21H44O5SSi. The van der Waals surface area contributed by atoms with Gasteiger partial charge in [0.05, 0.1) is 0 Å². The third-order valence-corrected chi connectivity index (χ3v) is 8.83. The molecule has 0 saturated heterocycles. The predicted molar refractivity (Wildman–Crippen MR) is 121 cm³/mol. The average Bonchev–Trinajstić information content (AvgIpc) is 2.66. The van der Waals surface area contributed by atoms with Gasteiger partial charge in [0.2, 0.25) is 5.12 Å². The van der Waals surface area contributed by atoms with Gasteiger partial charge in [0.1, 0.15) is 6.61 Å². The lowest BCUT2D eigenvalue weighted by atomic mass is 10.1. The van der Waals surface area contributed by atoms with Gasteiger partial charge in [0, 0.05) is 38.2 Å². The molecule has 0 aromatic rings. The number of rotatable bonds is 20. The van der Waals surface area contributed by atoms with Crippen LogP contribution in [-0.4, -0.2) is 52.7 Å². The van der Waals surface area contributed by atoms with Crippen LogP contribution in [0.4, 0.5) is 0 Å². The van der Waals surface area contributed by atoms with E-state index >= 15 is 0 Å². The summed E-state index contributed by atoms with van der Waals surface area (Å²) in [5.41, 5.74) is 0.